The van der Waals surface area contributed by atoms with Crippen LogP contribution < -0.4 is 5.32 Å². The highest BCUT2D eigenvalue weighted by atomic mass is 16.2. The highest BCUT2D eigenvalue weighted by Crippen LogP contribution is 2.59. The Labute approximate surface area is 152 Å². The minimum Gasteiger partial charge on any atom is -0.352 e. The lowest BCUT2D eigenvalue weighted by atomic mass is 10.1. The van der Waals surface area contributed by atoms with Gasteiger partial charge in [-0.1, -0.05) is 55.8 Å². The van der Waals surface area contributed by atoms with Crippen LogP contribution in [0.5, 0.6) is 0 Å². The minimum absolute atomic E-state index is 0.0942. The zero-order valence-corrected chi connectivity index (χ0v) is 16.3. The highest BCUT2D eigenvalue weighted by Gasteiger charge is 2.60. The van der Waals surface area contributed by atoms with Crippen molar-refractivity contribution < 1.29 is 4.79 Å². The van der Waals surface area contributed by atoms with Crippen LogP contribution in [-0.2, 0) is 4.79 Å². The summed E-state index contributed by atoms with van der Waals surface area (Å²) >= 11 is 0. The third-order valence-corrected chi connectivity index (χ3v) is 6.10. The molecule has 2 fully saturated rings. The Morgan fingerprint density at radius 3 is 2.60 bits per heavy atom. The Kier molecular flexibility index (Phi) is 5.06. The van der Waals surface area contributed by atoms with E-state index >= 15 is 0 Å². The molecule has 1 saturated carbocycles. The van der Waals surface area contributed by atoms with Gasteiger partial charge >= 0.3 is 0 Å². The van der Waals surface area contributed by atoms with Gasteiger partial charge in [0.25, 0.3) is 0 Å². The summed E-state index contributed by atoms with van der Waals surface area (Å²) in [7, 11) is 0. The molecule has 0 bridgehead atoms. The number of carbonyl (C=O) groups is 1. The molecule has 136 valence electrons. The van der Waals surface area contributed by atoms with Gasteiger partial charge in [0, 0.05) is 25.2 Å². The fourth-order valence-electron chi connectivity index (χ4n) is 4.34. The molecular formula is C22H32N2O. The van der Waals surface area contributed by atoms with Crippen LogP contribution in [0.3, 0.4) is 0 Å². The van der Waals surface area contributed by atoms with Gasteiger partial charge in [-0.15, -0.1) is 0 Å². The molecular weight excluding hydrogens is 308 g/mol. The number of hydrogen-bond donors (Lipinski definition) is 1. The number of likely N-dealkylation sites (tertiary alicyclic amines) is 1. The number of hydrogen-bond acceptors (Lipinski definition) is 2. The van der Waals surface area contributed by atoms with Gasteiger partial charge in [0.2, 0.25) is 5.91 Å². The van der Waals surface area contributed by atoms with Crippen LogP contribution in [0, 0.1) is 17.3 Å². The SMILES string of the molecule is CC(C)=C[C@@H]1[C@H](C(=O)N[C@@H]2CCN([C@@H](C)c3ccccc3)C2)C1(C)C. The van der Waals surface area contributed by atoms with Crippen molar-refractivity contribution in [3.63, 3.8) is 0 Å². The first-order chi connectivity index (χ1) is 11.8. The molecule has 1 aromatic rings. The van der Waals surface area contributed by atoms with Gasteiger partial charge in [-0.05, 0) is 44.1 Å². The molecule has 1 aliphatic carbocycles. The summed E-state index contributed by atoms with van der Waals surface area (Å²) in [4.78, 5) is 15.2. The number of rotatable bonds is 5. The number of allylic oxidation sites excluding steroid dienone is 2. The Balaban J connectivity index is 1.55. The van der Waals surface area contributed by atoms with E-state index in [9.17, 15) is 4.79 Å². The monoisotopic (exact) mass is 340 g/mol. The van der Waals surface area contributed by atoms with Crippen molar-refractivity contribution in [1.82, 2.24) is 10.2 Å². The lowest BCUT2D eigenvalue weighted by Crippen LogP contribution is -2.39. The third kappa shape index (κ3) is 3.82. The lowest BCUT2D eigenvalue weighted by molar-refractivity contribution is -0.123. The van der Waals surface area contributed by atoms with E-state index in [1.165, 1.54) is 11.1 Å². The van der Waals surface area contributed by atoms with Crippen LogP contribution in [0.1, 0.15) is 52.6 Å². The largest absolute Gasteiger partial charge is 0.352 e. The van der Waals surface area contributed by atoms with Gasteiger partial charge in [0.05, 0.1) is 5.92 Å². The summed E-state index contributed by atoms with van der Waals surface area (Å²) in [6.07, 6.45) is 3.31. The lowest BCUT2D eigenvalue weighted by Gasteiger charge is -2.25. The van der Waals surface area contributed by atoms with Gasteiger partial charge in [0.1, 0.15) is 0 Å². The number of nitrogens with one attached hydrogen (secondary N) is 1. The molecule has 25 heavy (non-hydrogen) atoms. The Morgan fingerprint density at radius 1 is 1.28 bits per heavy atom. The van der Waals surface area contributed by atoms with Crippen molar-refractivity contribution in [3.8, 4) is 0 Å². The van der Waals surface area contributed by atoms with E-state index in [4.69, 9.17) is 0 Å². The first-order valence-corrected chi connectivity index (χ1v) is 9.55. The van der Waals surface area contributed by atoms with E-state index in [0.29, 0.717) is 12.0 Å². The van der Waals surface area contributed by atoms with E-state index in [-0.39, 0.29) is 23.3 Å². The molecule has 1 saturated heterocycles. The van der Waals surface area contributed by atoms with E-state index in [1.807, 2.05) is 0 Å². The fourth-order valence-corrected chi connectivity index (χ4v) is 4.34. The number of amides is 1. The predicted molar refractivity (Wildman–Crippen MR) is 103 cm³/mol. The molecule has 1 aromatic carbocycles. The summed E-state index contributed by atoms with van der Waals surface area (Å²) in [5.41, 5.74) is 2.75. The molecule has 1 N–H and O–H groups in total. The average molecular weight is 341 g/mol. The molecule has 0 radical (unpaired) electrons. The normalized spacial score (nSPS) is 29.1. The van der Waals surface area contributed by atoms with Crippen molar-refractivity contribution in [2.75, 3.05) is 13.1 Å². The maximum atomic E-state index is 12.8. The Morgan fingerprint density at radius 2 is 1.96 bits per heavy atom. The Hall–Kier alpha value is -1.61. The number of benzene rings is 1. The summed E-state index contributed by atoms with van der Waals surface area (Å²) in [6, 6.07) is 11.3. The maximum absolute atomic E-state index is 12.8. The first kappa shape index (κ1) is 18.2. The molecule has 2 aliphatic rings. The Bertz CT molecular complexity index is 645. The van der Waals surface area contributed by atoms with Crippen molar-refractivity contribution in [2.45, 2.75) is 53.1 Å². The third-order valence-electron chi connectivity index (χ3n) is 6.10. The summed E-state index contributed by atoms with van der Waals surface area (Å²) in [5.74, 6) is 0.757. The average Bonchev–Trinajstić information content (AvgIpc) is 2.90. The van der Waals surface area contributed by atoms with Crippen molar-refractivity contribution in [3.05, 3.63) is 47.5 Å². The molecule has 3 rings (SSSR count). The standard InChI is InChI=1S/C22H32N2O/c1-15(2)13-19-20(22(19,4)5)21(25)23-18-11-12-24(14-18)16(3)17-9-7-6-8-10-17/h6-10,13,16,18-20H,11-12,14H2,1-5H3,(H,23,25)/t16-,18+,19+,20+/m0/s1. The van der Waals surface area contributed by atoms with Crippen molar-refractivity contribution in [1.29, 1.82) is 0 Å². The van der Waals surface area contributed by atoms with E-state index in [1.54, 1.807) is 0 Å². The van der Waals surface area contributed by atoms with Crippen LogP contribution in [0.25, 0.3) is 0 Å². The van der Waals surface area contributed by atoms with Gasteiger partial charge < -0.3 is 5.32 Å². The molecule has 1 heterocycles. The molecule has 1 amide bonds. The smallest absolute Gasteiger partial charge is 0.224 e. The van der Waals surface area contributed by atoms with Gasteiger partial charge in [-0.2, -0.15) is 0 Å². The van der Waals surface area contributed by atoms with Crippen LogP contribution >= 0.6 is 0 Å². The first-order valence-electron chi connectivity index (χ1n) is 9.55. The molecule has 3 heteroatoms. The van der Waals surface area contributed by atoms with E-state index in [2.05, 4.69) is 81.2 Å². The van der Waals surface area contributed by atoms with Gasteiger partial charge in [-0.25, -0.2) is 0 Å². The topological polar surface area (TPSA) is 32.3 Å². The van der Waals surface area contributed by atoms with Crippen LogP contribution in [-0.4, -0.2) is 29.9 Å². The molecule has 1 aliphatic heterocycles. The fraction of sp³-hybridized carbons (Fsp3) is 0.591. The van der Waals surface area contributed by atoms with Crippen LogP contribution in [0.2, 0.25) is 0 Å². The maximum Gasteiger partial charge on any atom is 0.224 e. The zero-order valence-electron chi connectivity index (χ0n) is 16.3. The summed E-state index contributed by atoms with van der Waals surface area (Å²) < 4.78 is 0. The molecule has 0 spiro atoms. The second kappa shape index (κ2) is 6.95. The van der Waals surface area contributed by atoms with Crippen LogP contribution in [0.15, 0.2) is 42.0 Å². The van der Waals surface area contributed by atoms with E-state index in [0.717, 1.165) is 19.5 Å². The second-order valence-electron chi connectivity index (χ2n) is 8.64. The molecule has 4 atom stereocenters. The molecule has 0 aromatic heterocycles. The number of carbonyl (C=O) groups excluding carboxylic acids is 1. The van der Waals surface area contributed by atoms with Crippen LogP contribution in [0.4, 0.5) is 0 Å². The van der Waals surface area contributed by atoms with Crippen molar-refractivity contribution >= 4 is 5.91 Å². The summed E-state index contributed by atoms with van der Waals surface area (Å²) in [5, 5.41) is 3.33. The van der Waals surface area contributed by atoms with E-state index < -0.39 is 0 Å². The second-order valence-corrected chi connectivity index (χ2v) is 8.64. The highest BCUT2D eigenvalue weighted by molar-refractivity contribution is 5.84. The zero-order chi connectivity index (χ0) is 18.2. The molecule has 3 nitrogen and oxygen atoms in total. The summed E-state index contributed by atoms with van der Waals surface area (Å²) in [6.45, 7) is 12.9. The molecule has 0 unspecified atom stereocenters. The predicted octanol–water partition coefficient (Wildman–Crippen LogP) is 4.18. The quantitative estimate of drug-likeness (QED) is 0.816. The van der Waals surface area contributed by atoms with Crippen molar-refractivity contribution in [2.24, 2.45) is 17.3 Å². The number of nitrogens with zero attached hydrogens (tertiary/aromatic N) is 1. The minimum atomic E-state index is 0.0942. The van der Waals surface area contributed by atoms with Gasteiger partial charge in [0.15, 0.2) is 0 Å². The van der Waals surface area contributed by atoms with Gasteiger partial charge in [-0.3, -0.25) is 9.69 Å².